The van der Waals surface area contributed by atoms with Gasteiger partial charge in [-0.05, 0) is 36.1 Å². The summed E-state index contributed by atoms with van der Waals surface area (Å²) >= 11 is 0. The monoisotopic (exact) mass is 324 g/mol. The second-order valence-corrected chi connectivity index (χ2v) is 6.64. The van der Waals surface area contributed by atoms with E-state index < -0.39 is 0 Å². The van der Waals surface area contributed by atoms with Crippen molar-refractivity contribution < 1.29 is 9.47 Å². The molecule has 2 aliphatic rings. The summed E-state index contributed by atoms with van der Waals surface area (Å²) in [6.45, 7) is 3.37. The lowest BCUT2D eigenvalue weighted by Gasteiger charge is -2.31. The Balaban J connectivity index is 1.45. The Morgan fingerprint density at radius 2 is 1.88 bits per heavy atom. The summed E-state index contributed by atoms with van der Waals surface area (Å²) in [6, 6.07) is 15.2. The van der Waals surface area contributed by atoms with Crippen LogP contribution in [-0.4, -0.2) is 41.3 Å². The number of pyridine rings is 1. The first-order valence-electron chi connectivity index (χ1n) is 8.80. The molecule has 0 radical (unpaired) electrons. The van der Waals surface area contributed by atoms with Crippen LogP contribution in [0.5, 0.6) is 0 Å². The van der Waals surface area contributed by atoms with Crippen molar-refractivity contribution >= 4 is 0 Å². The van der Waals surface area contributed by atoms with Gasteiger partial charge in [0.2, 0.25) is 0 Å². The zero-order valence-electron chi connectivity index (χ0n) is 13.9. The zero-order valence-corrected chi connectivity index (χ0v) is 13.9. The molecular weight excluding hydrogens is 300 g/mol. The van der Waals surface area contributed by atoms with Crippen molar-refractivity contribution in [3.05, 3.63) is 66.0 Å². The van der Waals surface area contributed by atoms with Crippen LogP contribution in [0, 0.1) is 0 Å². The molecule has 1 saturated heterocycles. The lowest BCUT2D eigenvalue weighted by Crippen LogP contribution is -2.42. The maximum atomic E-state index is 6.31. The second kappa shape index (κ2) is 7.43. The summed E-state index contributed by atoms with van der Waals surface area (Å²) in [5.41, 5.74) is 2.53. The van der Waals surface area contributed by atoms with E-state index in [9.17, 15) is 0 Å². The average Bonchev–Trinajstić information content (AvgIpc) is 2.94. The fraction of sp³-hybridized carbons (Fsp3) is 0.450. The third-order valence-corrected chi connectivity index (χ3v) is 5.09. The molecule has 2 bridgehead atoms. The molecule has 1 aliphatic heterocycles. The maximum Gasteiger partial charge on any atom is 0.0995 e. The fourth-order valence-corrected chi connectivity index (χ4v) is 3.87. The molecule has 0 amide bonds. The van der Waals surface area contributed by atoms with Crippen LogP contribution in [0.1, 0.15) is 24.0 Å². The molecule has 1 saturated carbocycles. The van der Waals surface area contributed by atoms with E-state index in [0.29, 0.717) is 12.6 Å². The summed E-state index contributed by atoms with van der Waals surface area (Å²) in [6.07, 6.45) is 6.27. The van der Waals surface area contributed by atoms with Gasteiger partial charge in [-0.3, -0.25) is 9.88 Å². The molecule has 4 heteroatoms. The molecule has 3 atom stereocenters. The van der Waals surface area contributed by atoms with Gasteiger partial charge in [-0.2, -0.15) is 0 Å². The minimum atomic E-state index is 0.157. The Hall–Kier alpha value is -1.75. The Morgan fingerprint density at radius 1 is 1.04 bits per heavy atom. The summed E-state index contributed by atoms with van der Waals surface area (Å²) in [5, 5.41) is 0. The van der Waals surface area contributed by atoms with Crippen molar-refractivity contribution in [2.45, 2.75) is 44.2 Å². The van der Waals surface area contributed by atoms with Crippen LogP contribution in [0.25, 0.3) is 0 Å². The zero-order chi connectivity index (χ0) is 16.2. The third-order valence-electron chi connectivity index (χ3n) is 5.09. The second-order valence-electron chi connectivity index (χ2n) is 6.64. The first-order chi connectivity index (χ1) is 11.9. The van der Waals surface area contributed by atoms with Gasteiger partial charge < -0.3 is 9.47 Å². The van der Waals surface area contributed by atoms with Gasteiger partial charge in [0.1, 0.15) is 0 Å². The molecule has 4 nitrogen and oxygen atoms in total. The lowest BCUT2D eigenvalue weighted by atomic mass is 10.1. The van der Waals surface area contributed by atoms with E-state index in [0.717, 1.165) is 32.5 Å². The molecule has 2 fully saturated rings. The highest BCUT2D eigenvalue weighted by Gasteiger charge is 2.42. The molecule has 2 heterocycles. The van der Waals surface area contributed by atoms with Crippen molar-refractivity contribution in [1.82, 2.24) is 9.88 Å². The molecule has 4 rings (SSSR count). The van der Waals surface area contributed by atoms with E-state index >= 15 is 0 Å². The van der Waals surface area contributed by atoms with E-state index in [2.05, 4.69) is 40.2 Å². The molecule has 1 aromatic heterocycles. The van der Waals surface area contributed by atoms with Crippen LogP contribution in [0.15, 0.2) is 54.9 Å². The number of rotatable bonds is 5. The Labute approximate surface area is 143 Å². The van der Waals surface area contributed by atoms with Crippen LogP contribution in [0.4, 0.5) is 0 Å². The normalized spacial score (nSPS) is 27.1. The van der Waals surface area contributed by atoms with Gasteiger partial charge in [-0.15, -0.1) is 0 Å². The maximum absolute atomic E-state index is 6.31. The molecule has 2 aromatic rings. The molecule has 0 unspecified atom stereocenters. The summed E-state index contributed by atoms with van der Waals surface area (Å²) in [7, 11) is 0. The van der Waals surface area contributed by atoms with Gasteiger partial charge >= 0.3 is 0 Å². The highest BCUT2D eigenvalue weighted by Crippen LogP contribution is 2.33. The molecule has 1 aliphatic carbocycles. The van der Waals surface area contributed by atoms with Gasteiger partial charge in [0.05, 0.1) is 25.4 Å². The van der Waals surface area contributed by atoms with Crippen molar-refractivity contribution in [1.29, 1.82) is 0 Å². The van der Waals surface area contributed by atoms with Crippen LogP contribution in [-0.2, 0) is 22.6 Å². The quantitative estimate of drug-likeness (QED) is 0.847. The minimum Gasteiger partial charge on any atom is -0.374 e. The topological polar surface area (TPSA) is 34.6 Å². The van der Waals surface area contributed by atoms with Crippen LogP contribution < -0.4 is 0 Å². The van der Waals surface area contributed by atoms with Crippen LogP contribution >= 0.6 is 0 Å². The van der Waals surface area contributed by atoms with Crippen LogP contribution in [0.2, 0.25) is 0 Å². The van der Waals surface area contributed by atoms with Gasteiger partial charge in [0.25, 0.3) is 0 Å². The number of fused-ring (bicyclic) bond motifs is 2. The molecule has 0 N–H and O–H groups in total. The molecule has 0 spiro atoms. The Morgan fingerprint density at radius 3 is 2.71 bits per heavy atom. The number of ether oxygens (including phenoxy) is 2. The van der Waals surface area contributed by atoms with Crippen molar-refractivity contribution in [2.24, 2.45) is 0 Å². The number of aromatic nitrogens is 1. The Bertz CT molecular complexity index is 635. The van der Waals surface area contributed by atoms with Crippen molar-refractivity contribution in [3.8, 4) is 0 Å². The highest BCUT2D eigenvalue weighted by molar-refractivity contribution is 5.15. The van der Waals surface area contributed by atoms with E-state index in [4.69, 9.17) is 9.47 Å². The third kappa shape index (κ3) is 3.51. The predicted octanol–water partition coefficient (Wildman–Crippen LogP) is 3.03. The molecule has 126 valence electrons. The summed E-state index contributed by atoms with van der Waals surface area (Å²) < 4.78 is 12.4. The molecule has 1 aromatic carbocycles. The van der Waals surface area contributed by atoms with E-state index in [1.807, 2.05) is 24.5 Å². The smallest absolute Gasteiger partial charge is 0.0995 e. The van der Waals surface area contributed by atoms with E-state index in [-0.39, 0.29) is 12.2 Å². The van der Waals surface area contributed by atoms with Crippen molar-refractivity contribution in [2.75, 3.05) is 13.2 Å². The standard InChI is InChI=1S/C20H24N2O2/c1-2-4-16(5-3-1)14-22-12-13-23-19-7-6-18(22)20(19)24-15-17-8-10-21-11-9-17/h1-5,8-11,18-20H,6-7,12-15H2/t18-,19-,20+/m0/s1. The predicted molar refractivity (Wildman–Crippen MR) is 92.4 cm³/mol. The van der Waals surface area contributed by atoms with Crippen LogP contribution in [0.3, 0.4) is 0 Å². The number of nitrogens with zero attached hydrogens (tertiary/aromatic N) is 2. The largest absolute Gasteiger partial charge is 0.374 e. The van der Waals surface area contributed by atoms with Gasteiger partial charge in [-0.25, -0.2) is 0 Å². The molecular formula is C20H24N2O2. The average molecular weight is 324 g/mol. The summed E-state index contributed by atoms with van der Waals surface area (Å²) in [4.78, 5) is 6.61. The number of hydrogen-bond donors (Lipinski definition) is 0. The first-order valence-corrected chi connectivity index (χ1v) is 8.80. The van der Waals surface area contributed by atoms with E-state index in [1.54, 1.807) is 0 Å². The lowest BCUT2D eigenvalue weighted by molar-refractivity contribution is -0.0614. The SMILES string of the molecule is c1ccc(CN2CCO[C@H]3CC[C@H]2[C@H]3OCc2ccncc2)cc1. The van der Waals surface area contributed by atoms with Gasteiger partial charge in [0.15, 0.2) is 0 Å². The summed E-state index contributed by atoms with van der Waals surface area (Å²) in [5.74, 6) is 0. The number of benzene rings is 1. The highest BCUT2D eigenvalue weighted by atomic mass is 16.5. The number of hydrogen-bond acceptors (Lipinski definition) is 4. The minimum absolute atomic E-state index is 0.157. The van der Waals surface area contributed by atoms with E-state index in [1.165, 1.54) is 11.1 Å². The first kappa shape index (κ1) is 15.8. The van der Waals surface area contributed by atoms with Gasteiger partial charge in [-0.1, -0.05) is 30.3 Å². The van der Waals surface area contributed by atoms with Gasteiger partial charge in [0, 0.05) is 31.5 Å². The fourth-order valence-electron chi connectivity index (χ4n) is 3.87. The van der Waals surface area contributed by atoms with Crippen molar-refractivity contribution in [3.63, 3.8) is 0 Å². The molecule has 24 heavy (non-hydrogen) atoms. The Kier molecular flexibility index (Phi) is 4.88.